The number of nitrogens with two attached hydrogens (primary N) is 1. The fraction of sp³-hybridized carbons (Fsp3) is 0.417. The molecule has 1 aromatic rings. The third-order valence-electron chi connectivity index (χ3n) is 5.43. The summed E-state index contributed by atoms with van der Waals surface area (Å²) in [5.41, 5.74) is 2.30. The zero-order valence-corrected chi connectivity index (χ0v) is 15.0. The van der Waals surface area contributed by atoms with Crippen LogP contribution in [0.4, 0.5) is 0 Å². The van der Waals surface area contributed by atoms with Gasteiger partial charge in [-0.25, -0.2) is 0 Å². The van der Waals surface area contributed by atoms with Crippen LogP contribution in [0.25, 0.3) is 0 Å². The molecule has 2 nitrogen and oxygen atoms in total. The minimum Gasteiger partial charge on any atom is -0.316 e. The molecule has 15 heteroatoms. The Morgan fingerprint density at radius 2 is 1.07 bits per heavy atom. The summed E-state index contributed by atoms with van der Waals surface area (Å²) in [5.74, 6) is -1.26. The Balaban J connectivity index is 3.06. The highest BCUT2D eigenvalue weighted by atomic mass is 35.5. The SMILES string of the molecule is [B]c1c([B])c([B])c(C2(N)C(=O)C([B])([B])C([B])([B])C([B])([B])C2([B])[B])c(Cl)c1[B]. The molecule has 24 radical (unpaired) electrons. The van der Waals surface area contributed by atoms with Gasteiger partial charge in [0.1, 0.15) is 37.2 Å². The van der Waals surface area contributed by atoms with Gasteiger partial charge in [-0.2, -0.15) is 0 Å². The monoisotopic (exact) mass is 343 g/mol. The first-order valence-corrected chi connectivity index (χ1v) is 7.77. The van der Waals surface area contributed by atoms with Crippen LogP contribution >= 0.6 is 11.6 Å². The lowest BCUT2D eigenvalue weighted by Gasteiger charge is -2.72. The van der Waals surface area contributed by atoms with Crippen LogP contribution in [0.2, 0.25) is 25.9 Å². The van der Waals surface area contributed by atoms with Crippen molar-refractivity contribution in [2.75, 3.05) is 0 Å². The van der Waals surface area contributed by atoms with Crippen LogP contribution in [0.3, 0.4) is 0 Å². The fourth-order valence-corrected chi connectivity index (χ4v) is 3.57. The van der Waals surface area contributed by atoms with Crippen molar-refractivity contribution in [3.05, 3.63) is 10.6 Å². The van der Waals surface area contributed by atoms with Crippen molar-refractivity contribution in [2.24, 2.45) is 5.73 Å². The molecule has 0 saturated heterocycles. The summed E-state index contributed by atoms with van der Waals surface area (Å²) in [5, 5.41) is -10.6. The first-order chi connectivity index (χ1) is 11.8. The Morgan fingerprint density at radius 3 is 1.52 bits per heavy atom. The molecule has 2 N–H and O–H groups in total. The fourth-order valence-electron chi connectivity index (χ4n) is 3.21. The number of ketones is 1. The van der Waals surface area contributed by atoms with Gasteiger partial charge in [-0.3, -0.25) is 4.79 Å². The number of carbonyl (C=O) groups is 1. The molecule has 1 unspecified atom stereocenters. The van der Waals surface area contributed by atoms with Crippen LogP contribution in [0.1, 0.15) is 5.56 Å². The molecule has 2 rings (SSSR count). The van der Waals surface area contributed by atoms with Crippen LogP contribution in [-0.4, -0.2) is 99.9 Å². The van der Waals surface area contributed by atoms with Crippen molar-refractivity contribution in [2.45, 2.75) is 26.4 Å². The summed E-state index contributed by atoms with van der Waals surface area (Å²) in [6.07, 6.45) is 0. The van der Waals surface area contributed by atoms with Crippen LogP contribution in [-0.2, 0) is 10.3 Å². The molecule has 1 fully saturated rings. The third kappa shape index (κ3) is 2.44. The van der Waals surface area contributed by atoms with E-state index in [1.54, 1.807) is 0 Å². The van der Waals surface area contributed by atoms with Gasteiger partial charge in [0.2, 0.25) is 0 Å². The summed E-state index contributed by atoms with van der Waals surface area (Å²) in [6, 6.07) is 0. The maximum atomic E-state index is 13.3. The van der Waals surface area contributed by atoms with Gasteiger partial charge in [-0.15, -0.1) is 21.4 Å². The summed E-state index contributed by atoms with van der Waals surface area (Å²) >= 11 is 6.24. The maximum Gasteiger partial charge on any atom is 0.144 e. The first kappa shape index (κ1) is 23.2. The number of benzene rings is 1. The maximum absolute atomic E-state index is 13.3. The summed E-state index contributed by atoms with van der Waals surface area (Å²) < 4.78 is 0. The highest BCUT2D eigenvalue weighted by molar-refractivity contribution is 6.72. The smallest absolute Gasteiger partial charge is 0.144 e. The van der Waals surface area contributed by atoms with E-state index in [9.17, 15) is 4.79 Å². The van der Waals surface area contributed by atoms with Crippen molar-refractivity contribution >= 4 is 133 Å². The largest absolute Gasteiger partial charge is 0.316 e. The van der Waals surface area contributed by atoms with E-state index in [-0.39, 0.29) is 26.9 Å². The van der Waals surface area contributed by atoms with Crippen LogP contribution in [0.5, 0.6) is 0 Å². The molecule has 1 atom stereocenters. The molecule has 0 heterocycles. The number of carbonyl (C=O) groups excluding carboxylic acids is 1. The van der Waals surface area contributed by atoms with Crippen LogP contribution in [0.15, 0.2) is 0 Å². The van der Waals surface area contributed by atoms with Gasteiger partial charge in [-0.1, -0.05) is 33.0 Å². The summed E-state index contributed by atoms with van der Waals surface area (Å²) in [4.78, 5) is 13.3. The molecule has 1 saturated carbocycles. The van der Waals surface area contributed by atoms with Crippen molar-refractivity contribution in [3.63, 3.8) is 0 Å². The Bertz CT molecular complexity index is 824. The average Bonchev–Trinajstić information content (AvgIpc) is 2.55. The quantitative estimate of drug-likeness (QED) is 0.517. The standard InChI is InChI=1S/C12H2B12ClNO/c13-2-1(6(25)5(16)4(15)3(2)14)8(26)7(27)9(17,18)11(21,22)12(23,24)10(8,19)20/h26H2. The topological polar surface area (TPSA) is 43.1 Å². The molecular weight excluding hydrogens is 339 g/mol. The molecular formula is C12H2B12ClNO. The molecule has 0 bridgehead atoms. The zero-order chi connectivity index (χ0) is 21.5. The Hall–Kier alpha value is -0.0808. The van der Waals surface area contributed by atoms with E-state index in [0.29, 0.717) is 0 Å². The molecule has 1 aliphatic rings. The van der Waals surface area contributed by atoms with Crippen molar-refractivity contribution < 1.29 is 4.79 Å². The molecule has 0 amide bonds. The molecule has 104 valence electrons. The predicted octanol–water partition coefficient (Wildman–Crippen LogP) is -5.94. The normalized spacial score (nSPS) is 27.9. The van der Waals surface area contributed by atoms with Gasteiger partial charge in [0.05, 0.1) is 68.3 Å². The highest BCUT2D eigenvalue weighted by Crippen LogP contribution is 2.74. The van der Waals surface area contributed by atoms with Gasteiger partial charge in [-0.05, 0) is 5.56 Å². The lowest BCUT2D eigenvalue weighted by molar-refractivity contribution is -0.128. The lowest BCUT2D eigenvalue weighted by Crippen LogP contribution is -2.73. The minimum atomic E-state index is -2.62. The van der Waals surface area contributed by atoms with E-state index in [1.807, 2.05) is 0 Å². The van der Waals surface area contributed by atoms with Gasteiger partial charge >= 0.3 is 0 Å². The van der Waals surface area contributed by atoms with Crippen molar-refractivity contribution in [1.29, 1.82) is 0 Å². The van der Waals surface area contributed by atoms with Gasteiger partial charge < -0.3 is 5.73 Å². The van der Waals surface area contributed by atoms with E-state index in [2.05, 4.69) is 0 Å². The second kappa shape index (κ2) is 6.21. The second-order valence-corrected chi connectivity index (χ2v) is 7.33. The summed E-state index contributed by atoms with van der Waals surface area (Å²) in [7, 11) is 71.1. The molecule has 1 aromatic carbocycles. The molecule has 0 spiro atoms. The third-order valence-corrected chi connectivity index (χ3v) is 5.82. The van der Waals surface area contributed by atoms with E-state index in [4.69, 9.17) is 111 Å². The first-order valence-electron chi connectivity index (χ1n) is 7.40. The van der Waals surface area contributed by atoms with E-state index in [0.717, 1.165) is 0 Å². The van der Waals surface area contributed by atoms with Gasteiger partial charge in [0, 0.05) is 5.02 Å². The zero-order valence-electron chi connectivity index (χ0n) is 14.3. The highest BCUT2D eigenvalue weighted by Gasteiger charge is 2.68. The van der Waals surface area contributed by atoms with Crippen LogP contribution in [0, 0.1) is 0 Å². The van der Waals surface area contributed by atoms with Gasteiger partial charge in [0.25, 0.3) is 0 Å². The van der Waals surface area contributed by atoms with Crippen molar-refractivity contribution in [1.82, 2.24) is 0 Å². The Kier molecular flexibility index (Phi) is 5.33. The van der Waals surface area contributed by atoms with E-state index in [1.165, 1.54) is 0 Å². The van der Waals surface area contributed by atoms with Crippen LogP contribution < -0.4 is 27.6 Å². The molecule has 1 aliphatic carbocycles. The average molecular weight is 341 g/mol. The molecule has 0 aromatic heterocycles. The number of Topliss-reactive ketones (excluding diaryl/α,β-unsaturated/α-hetero) is 1. The molecule has 27 heavy (non-hydrogen) atoms. The minimum absolute atomic E-state index is 0.154. The number of halogens is 1. The number of hydrogen-bond donors (Lipinski definition) is 1. The predicted molar refractivity (Wildman–Crippen MR) is 121 cm³/mol. The van der Waals surface area contributed by atoms with Crippen molar-refractivity contribution in [3.8, 4) is 0 Å². The Labute approximate surface area is 180 Å². The van der Waals surface area contributed by atoms with E-state index < -0.39 is 37.7 Å². The number of rotatable bonds is 1. The lowest BCUT2D eigenvalue weighted by atomic mass is 9.05. The second-order valence-electron chi connectivity index (χ2n) is 6.96. The van der Waals surface area contributed by atoms with E-state index >= 15 is 0 Å². The number of hydrogen-bond acceptors (Lipinski definition) is 2. The summed E-state index contributed by atoms with van der Waals surface area (Å²) in [6.45, 7) is 0. The Morgan fingerprint density at radius 1 is 0.667 bits per heavy atom. The van der Waals surface area contributed by atoms with Gasteiger partial charge in [0.15, 0.2) is 0 Å². The molecule has 0 aliphatic heterocycles.